The van der Waals surface area contributed by atoms with Crippen LogP contribution in [0.2, 0.25) is 0 Å². The molecule has 0 radical (unpaired) electrons. The van der Waals surface area contributed by atoms with Crippen LogP contribution >= 0.6 is 0 Å². The Morgan fingerprint density at radius 3 is 2.45 bits per heavy atom. The molecule has 20 heavy (non-hydrogen) atoms. The predicted molar refractivity (Wildman–Crippen MR) is 74.5 cm³/mol. The molecule has 1 aromatic rings. The monoisotopic (exact) mass is 277 g/mol. The Kier molecular flexibility index (Phi) is 4.57. The zero-order valence-electron chi connectivity index (χ0n) is 11.2. The van der Waals surface area contributed by atoms with E-state index in [2.05, 4.69) is 5.16 Å². The Bertz CT molecular complexity index is 491. The summed E-state index contributed by atoms with van der Waals surface area (Å²) in [6.45, 7) is 1.23. The van der Waals surface area contributed by atoms with Gasteiger partial charge in [-0.3, -0.25) is 4.79 Å². The maximum Gasteiger partial charge on any atom is 0.226 e. The van der Waals surface area contributed by atoms with Crippen LogP contribution in [0.15, 0.2) is 29.4 Å². The smallest absolute Gasteiger partial charge is 0.226 e. The molecule has 1 fully saturated rings. The van der Waals surface area contributed by atoms with Gasteiger partial charge in [-0.05, 0) is 18.4 Å². The molecule has 1 amide bonds. The third-order valence-electron chi connectivity index (χ3n) is 3.53. The van der Waals surface area contributed by atoms with Crippen LogP contribution in [0.4, 0.5) is 0 Å². The summed E-state index contributed by atoms with van der Waals surface area (Å²) in [5.41, 5.74) is 6.98. The second-order valence-electron chi connectivity index (χ2n) is 4.97. The lowest BCUT2D eigenvalue weighted by Gasteiger charge is -2.29. The van der Waals surface area contributed by atoms with Gasteiger partial charge in [0.1, 0.15) is 0 Å². The lowest BCUT2D eigenvalue weighted by Crippen LogP contribution is -2.40. The SMILES string of the molecule is NC(=NO)c1ccc(CC(=O)N2CCC(O)CC2)cc1. The number of nitrogens with two attached hydrogens (primary N) is 1. The summed E-state index contributed by atoms with van der Waals surface area (Å²) in [6.07, 6.45) is 1.34. The van der Waals surface area contributed by atoms with Gasteiger partial charge < -0.3 is 20.9 Å². The van der Waals surface area contributed by atoms with Crippen LogP contribution in [0.1, 0.15) is 24.0 Å². The molecule has 0 bridgehead atoms. The maximum atomic E-state index is 12.1. The summed E-state index contributed by atoms with van der Waals surface area (Å²) in [7, 11) is 0. The van der Waals surface area contributed by atoms with E-state index in [1.165, 1.54) is 0 Å². The number of likely N-dealkylation sites (tertiary alicyclic amines) is 1. The molecule has 0 unspecified atom stereocenters. The number of carbonyl (C=O) groups is 1. The summed E-state index contributed by atoms with van der Waals surface area (Å²) in [5, 5.41) is 20.9. The van der Waals surface area contributed by atoms with Crippen molar-refractivity contribution in [3.05, 3.63) is 35.4 Å². The molecule has 0 aliphatic carbocycles. The molecule has 0 spiro atoms. The summed E-state index contributed by atoms with van der Waals surface area (Å²) in [5.74, 6) is 0.112. The minimum absolute atomic E-state index is 0.0490. The Morgan fingerprint density at radius 2 is 1.90 bits per heavy atom. The van der Waals surface area contributed by atoms with Gasteiger partial charge in [0.25, 0.3) is 0 Å². The summed E-state index contributed by atoms with van der Waals surface area (Å²) in [4.78, 5) is 13.9. The molecule has 108 valence electrons. The van der Waals surface area contributed by atoms with E-state index < -0.39 is 0 Å². The third kappa shape index (κ3) is 3.48. The zero-order chi connectivity index (χ0) is 14.5. The number of amidine groups is 1. The van der Waals surface area contributed by atoms with Crippen molar-refractivity contribution in [3.8, 4) is 0 Å². The van der Waals surface area contributed by atoms with Gasteiger partial charge in [-0.2, -0.15) is 0 Å². The number of hydrogen-bond acceptors (Lipinski definition) is 4. The Morgan fingerprint density at radius 1 is 1.30 bits per heavy atom. The first kappa shape index (κ1) is 14.3. The number of piperidine rings is 1. The highest BCUT2D eigenvalue weighted by atomic mass is 16.4. The summed E-state index contributed by atoms with van der Waals surface area (Å²) < 4.78 is 0. The van der Waals surface area contributed by atoms with Crippen LogP contribution in [-0.2, 0) is 11.2 Å². The fraction of sp³-hybridized carbons (Fsp3) is 0.429. The zero-order valence-corrected chi connectivity index (χ0v) is 11.2. The van der Waals surface area contributed by atoms with Crippen molar-refractivity contribution in [2.45, 2.75) is 25.4 Å². The van der Waals surface area contributed by atoms with Gasteiger partial charge in [-0.1, -0.05) is 29.4 Å². The lowest BCUT2D eigenvalue weighted by atomic mass is 10.1. The first-order chi connectivity index (χ1) is 9.60. The molecule has 0 saturated carbocycles. The molecule has 1 aliphatic rings. The van der Waals surface area contributed by atoms with Gasteiger partial charge in [-0.15, -0.1) is 0 Å². The van der Waals surface area contributed by atoms with Gasteiger partial charge in [0.2, 0.25) is 5.91 Å². The van der Waals surface area contributed by atoms with Crippen molar-refractivity contribution in [1.29, 1.82) is 0 Å². The standard InChI is InChI=1S/C14H19N3O3/c15-14(16-20)11-3-1-10(2-4-11)9-13(19)17-7-5-12(18)6-8-17/h1-4,12,18,20H,5-9H2,(H2,15,16). The molecule has 0 atom stereocenters. The predicted octanol–water partition coefficient (Wildman–Crippen LogP) is 0.307. The van der Waals surface area contributed by atoms with Crippen molar-refractivity contribution >= 4 is 11.7 Å². The first-order valence-electron chi connectivity index (χ1n) is 6.63. The summed E-state index contributed by atoms with van der Waals surface area (Å²) in [6, 6.07) is 7.03. The van der Waals surface area contributed by atoms with Crippen molar-refractivity contribution in [2.24, 2.45) is 10.9 Å². The molecule has 6 nitrogen and oxygen atoms in total. The second kappa shape index (κ2) is 6.38. The molecule has 1 aliphatic heterocycles. The number of hydrogen-bond donors (Lipinski definition) is 3. The highest BCUT2D eigenvalue weighted by molar-refractivity contribution is 5.97. The number of aliphatic hydroxyl groups is 1. The topological polar surface area (TPSA) is 99.2 Å². The number of nitrogens with zero attached hydrogens (tertiary/aromatic N) is 2. The third-order valence-corrected chi connectivity index (χ3v) is 3.53. The first-order valence-corrected chi connectivity index (χ1v) is 6.63. The van der Waals surface area contributed by atoms with E-state index >= 15 is 0 Å². The van der Waals surface area contributed by atoms with Crippen LogP contribution in [-0.4, -0.2) is 46.1 Å². The fourth-order valence-corrected chi connectivity index (χ4v) is 2.25. The Balaban J connectivity index is 1.94. The molecule has 4 N–H and O–H groups in total. The van der Waals surface area contributed by atoms with Crippen molar-refractivity contribution in [1.82, 2.24) is 4.90 Å². The van der Waals surface area contributed by atoms with Crippen molar-refractivity contribution in [2.75, 3.05) is 13.1 Å². The molecule has 0 aromatic heterocycles. The second-order valence-corrected chi connectivity index (χ2v) is 4.97. The molecule has 1 aromatic carbocycles. The van der Waals surface area contributed by atoms with Crippen LogP contribution < -0.4 is 5.73 Å². The van der Waals surface area contributed by atoms with E-state index in [1.807, 2.05) is 0 Å². The number of rotatable bonds is 3. The number of aliphatic hydroxyl groups excluding tert-OH is 1. The van der Waals surface area contributed by atoms with E-state index in [0.29, 0.717) is 37.9 Å². The van der Waals surface area contributed by atoms with Crippen LogP contribution in [0.3, 0.4) is 0 Å². The number of benzene rings is 1. The minimum atomic E-state index is -0.279. The van der Waals surface area contributed by atoms with Crippen LogP contribution in [0.5, 0.6) is 0 Å². The Labute approximate surface area is 117 Å². The maximum absolute atomic E-state index is 12.1. The normalized spacial score (nSPS) is 17.2. The fourth-order valence-electron chi connectivity index (χ4n) is 2.25. The average molecular weight is 277 g/mol. The van der Waals surface area contributed by atoms with Gasteiger partial charge in [0, 0.05) is 18.7 Å². The van der Waals surface area contributed by atoms with E-state index in [-0.39, 0.29) is 17.8 Å². The van der Waals surface area contributed by atoms with E-state index in [0.717, 1.165) is 5.56 Å². The number of oxime groups is 1. The van der Waals surface area contributed by atoms with Crippen LogP contribution in [0.25, 0.3) is 0 Å². The highest BCUT2D eigenvalue weighted by Crippen LogP contribution is 2.12. The molecule has 2 rings (SSSR count). The van der Waals surface area contributed by atoms with E-state index in [1.54, 1.807) is 29.2 Å². The van der Waals surface area contributed by atoms with Gasteiger partial charge in [0.05, 0.1) is 12.5 Å². The van der Waals surface area contributed by atoms with E-state index in [4.69, 9.17) is 10.9 Å². The molecule has 1 heterocycles. The molecule has 6 heteroatoms. The molecule has 1 saturated heterocycles. The van der Waals surface area contributed by atoms with Gasteiger partial charge in [0.15, 0.2) is 5.84 Å². The van der Waals surface area contributed by atoms with Crippen molar-refractivity contribution in [3.63, 3.8) is 0 Å². The largest absolute Gasteiger partial charge is 0.409 e. The highest BCUT2D eigenvalue weighted by Gasteiger charge is 2.21. The lowest BCUT2D eigenvalue weighted by molar-refractivity contribution is -0.132. The van der Waals surface area contributed by atoms with Gasteiger partial charge in [-0.25, -0.2) is 0 Å². The average Bonchev–Trinajstić information content (AvgIpc) is 2.48. The van der Waals surface area contributed by atoms with Crippen molar-refractivity contribution < 1.29 is 15.1 Å². The molecular weight excluding hydrogens is 258 g/mol. The molecular formula is C14H19N3O3. The number of carbonyl (C=O) groups excluding carboxylic acids is 1. The number of amides is 1. The summed E-state index contributed by atoms with van der Waals surface area (Å²) >= 11 is 0. The van der Waals surface area contributed by atoms with Crippen LogP contribution in [0, 0.1) is 0 Å². The minimum Gasteiger partial charge on any atom is -0.409 e. The quantitative estimate of drug-likeness (QED) is 0.320. The van der Waals surface area contributed by atoms with Gasteiger partial charge >= 0.3 is 0 Å². The van der Waals surface area contributed by atoms with E-state index in [9.17, 15) is 9.90 Å². The Hall–Kier alpha value is -2.08.